The third-order valence-corrected chi connectivity index (χ3v) is 2.91. The average Bonchev–Trinajstić information content (AvgIpc) is 2.25. The molecular formula is C16H25N3. The molecule has 0 amide bonds. The molecule has 1 aromatic heterocycles. The predicted molar refractivity (Wildman–Crippen MR) is 80.3 cm³/mol. The van der Waals surface area contributed by atoms with Crippen LogP contribution in [0.3, 0.4) is 0 Å². The summed E-state index contributed by atoms with van der Waals surface area (Å²) in [6.45, 7) is 14.6. The van der Waals surface area contributed by atoms with E-state index in [1.54, 1.807) is 0 Å². The van der Waals surface area contributed by atoms with Crippen molar-refractivity contribution < 1.29 is 0 Å². The van der Waals surface area contributed by atoms with Crippen LogP contribution in [0.5, 0.6) is 0 Å². The SMILES string of the molecule is Cc1cc(C)c(C#N)c(N(CC(C)C)CC(C)C)n1. The first kappa shape index (κ1) is 15.5. The molecule has 3 heteroatoms. The van der Waals surface area contributed by atoms with E-state index < -0.39 is 0 Å². The molecular weight excluding hydrogens is 234 g/mol. The van der Waals surface area contributed by atoms with Gasteiger partial charge in [0.15, 0.2) is 0 Å². The molecule has 0 aliphatic carbocycles. The Kier molecular flexibility index (Phi) is 5.35. The highest BCUT2D eigenvalue weighted by molar-refractivity contribution is 5.58. The third kappa shape index (κ3) is 4.24. The second-order valence-corrected chi connectivity index (χ2v) is 6.08. The van der Waals surface area contributed by atoms with Gasteiger partial charge in [-0.25, -0.2) is 4.98 Å². The lowest BCUT2D eigenvalue weighted by Gasteiger charge is -2.28. The van der Waals surface area contributed by atoms with Gasteiger partial charge in [0.25, 0.3) is 0 Å². The van der Waals surface area contributed by atoms with Gasteiger partial charge >= 0.3 is 0 Å². The number of nitrogens with zero attached hydrogens (tertiary/aromatic N) is 3. The fraction of sp³-hybridized carbons (Fsp3) is 0.625. The Hall–Kier alpha value is -1.56. The number of nitriles is 1. The molecule has 3 nitrogen and oxygen atoms in total. The van der Waals surface area contributed by atoms with Crippen molar-refractivity contribution in [3.63, 3.8) is 0 Å². The van der Waals surface area contributed by atoms with Gasteiger partial charge in [0, 0.05) is 18.8 Å². The first-order valence-corrected chi connectivity index (χ1v) is 6.98. The summed E-state index contributed by atoms with van der Waals surface area (Å²) >= 11 is 0. The smallest absolute Gasteiger partial charge is 0.147 e. The number of rotatable bonds is 5. The van der Waals surface area contributed by atoms with Crippen LogP contribution in [0.2, 0.25) is 0 Å². The number of hydrogen-bond donors (Lipinski definition) is 0. The molecule has 0 fully saturated rings. The van der Waals surface area contributed by atoms with E-state index in [2.05, 4.69) is 43.6 Å². The lowest BCUT2D eigenvalue weighted by atomic mass is 10.1. The lowest BCUT2D eigenvalue weighted by Crippen LogP contribution is -2.33. The molecule has 0 atom stereocenters. The van der Waals surface area contributed by atoms with E-state index in [9.17, 15) is 5.26 Å². The van der Waals surface area contributed by atoms with Crippen LogP contribution < -0.4 is 4.90 Å². The van der Waals surface area contributed by atoms with Gasteiger partial charge in [-0.1, -0.05) is 27.7 Å². The van der Waals surface area contributed by atoms with Crippen LogP contribution in [0.15, 0.2) is 6.07 Å². The molecule has 0 spiro atoms. The fourth-order valence-electron chi connectivity index (χ4n) is 2.31. The van der Waals surface area contributed by atoms with Crippen molar-refractivity contribution in [1.29, 1.82) is 5.26 Å². The Labute approximate surface area is 117 Å². The van der Waals surface area contributed by atoms with Crippen LogP contribution >= 0.6 is 0 Å². The highest BCUT2D eigenvalue weighted by Gasteiger charge is 2.17. The highest BCUT2D eigenvalue weighted by Crippen LogP contribution is 2.23. The highest BCUT2D eigenvalue weighted by atomic mass is 15.2. The van der Waals surface area contributed by atoms with Crippen molar-refractivity contribution in [2.24, 2.45) is 11.8 Å². The molecule has 0 saturated heterocycles. The molecule has 0 radical (unpaired) electrons. The molecule has 0 aliphatic heterocycles. The summed E-state index contributed by atoms with van der Waals surface area (Å²) in [6, 6.07) is 4.29. The normalized spacial score (nSPS) is 10.9. The molecule has 0 unspecified atom stereocenters. The Bertz CT molecular complexity index is 460. The predicted octanol–water partition coefficient (Wildman–Crippen LogP) is 3.69. The second-order valence-electron chi connectivity index (χ2n) is 6.08. The Balaban J connectivity index is 3.24. The van der Waals surface area contributed by atoms with Gasteiger partial charge in [-0.3, -0.25) is 0 Å². The van der Waals surface area contributed by atoms with Gasteiger partial charge in [0.1, 0.15) is 11.9 Å². The molecule has 1 aromatic rings. The number of pyridine rings is 1. The van der Waals surface area contributed by atoms with Crippen LogP contribution in [-0.2, 0) is 0 Å². The van der Waals surface area contributed by atoms with Gasteiger partial charge in [-0.2, -0.15) is 5.26 Å². The van der Waals surface area contributed by atoms with Crippen LogP contribution in [0.25, 0.3) is 0 Å². The minimum absolute atomic E-state index is 0.549. The summed E-state index contributed by atoms with van der Waals surface area (Å²) in [4.78, 5) is 6.87. The van der Waals surface area contributed by atoms with Gasteiger partial charge in [-0.05, 0) is 37.3 Å². The third-order valence-electron chi connectivity index (χ3n) is 2.91. The first-order chi connectivity index (χ1) is 8.85. The van der Waals surface area contributed by atoms with Crippen LogP contribution in [0.1, 0.15) is 44.5 Å². The second kappa shape index (κ2) is 6.56. The largest absolute Gasteiger partial charge is 0.355 e. The fourth-order valence-corrected chi connectivity index (χ4v) is 2.31. The van der Waals surface area contributed by atoms with Crippen molar-refractivity contribution in [2.45, 2.75) is 41.5 Å². The molecule has 19 heavy (non-hydrogen) atoms. The molecule has 1 heterocycles. The quantitative estimate of drug-likeness (QED) is 0.809. The standard InChI is InChI=1S/C16H25N3/c1-11(2)9-19(10-12(3)4)16-15(8-17)13(5)7-14(6)18-16/h7,11-12H,9-10H2,1-6H3. The van der Waals surface area contributed by atoms with Gasteiger partial charge < -0.3 is 4.90 Å². The Morgan fingerprint density at radius 1 is 1.16 bits per heavy atom. The molecule has 0 aliphatic rings. The van der Waals surface area contributed by atoms with Crippen molar-refractivity contribution >= 4 is 5.82 Å². The maximum Gasteiger partial charge on any atom is 0.147 e. The van der Waals surface area contributed by atoms with Crippen LogP contribution in [0.4, 0.5) is 5.82 Å². The minimum atomic E-state index is 0.549. The van der Waals surface area contributed by atoms with Gasteiger partial charge in [0.2, 0.25) is 0 Å². The van der Waals surface area contributed by atoms with E-state index in [0.717, 1.165) is 30.2 Å². The zero-order chi connectivity index (χ0) is 14.6. The van der Waals surface area contributed by atoms with Crippen LogP contribution in [0, 0.1) is 37.0 Å². The monoisotopic (exact) mass is 259 g/mol. The maximum absolute atomic E-state index is 9.39. The molecule has 1 rings (SSSR count). The minimum Gasteiger partial charge on any atom is -0.355 e. The van der Waals surface area contributed by atoms with Crippen molar-refractivity contribution in [3.05, 3.63) is 22.9 Å². The first-order valence-electron chi connectivity index (χ1n) is 6.98. The van der Waals surface area contributed by atoms with Crippen molar-refractivity contribution in [3.8, 4) is 6.07 Å². The van der Waals surface area contributed by atoms with E-state index >= 15 is 0 Å². The van der Waals surface area contributed by atoms with Crippen LogP contribution in [-0.4, -0.2) is 18.1 Å². The zero-order valence-corrected chi connectivity index (χ0v) is 13.0. The summed E-state index contributed by atoms with van der Waals surface area (Å²) in [5.74, 6) is 1.95. The topological polar surface area (TPSA) is 39.9 Å². The maximum atomic E-state index is 9.39. The van der Waals surface area contributed by atoms with Gasteiger partial charge in [0.05, 0.1) is 5.56 Å². The Morgan fingerprint density at radius 2 is 1.68 bits per heavy atom. The molecule has 0 aromatic carbocycles. The average molecular weight is 259 g/mol. The summed E-state index contributed by atoms with van der Waals surface area (Å²) in [5.41, 5.74) is 2.71. The lowest BCUT2D eigenvalue weighted by molar-refractivity contribution is 0.548. The molecule has 0 bridgehead atoms. The summed E-state index contributed by atoms with van der Waals surface area (Å²) < 4.78 is 0. The van der Waals surface area contributed by atoms with E-state index in [4.69, 9.17) is 0 Å². The van der Waals surface area contributed by atoms with Crippen molar-refractivity contribution in [2.75, 3.05) is 18.0 Å². The van der Waals surface area contributed by atoms with Crippen molar-refractivity contribution in [1.82, 2.24) is 4.98 Å². The number of hydrogen-bond acceptors (Lipinski definition) is 3. The van der Waals surface area contributed by atoms with E-state index in [1.807, 2.05) is 19.9 Å². The molecule has 0 saturated carbocycles. The van der Waals surface area contributed by atoms with E-state index in [1.165, 1.54) is 0 Å². The van der Waals surface area contributed by atoms with Gasteiger partial charge in [-0.15, -0.1) is 0 Å². The molecule has 0 N–H and O–H groups in total. The Morgan fingerprint density at radius 3 is 2.11 bits per heavy atom. The number of aryl methyl sites for hydroxylation is 2. The summed E-state index contributed by atoms with van der Waals surface area (Å²) in [5, 5.41) is 9.39. The zero-order valence-electron chi connectivity index (χ0n) is 13.0. The van der Waals surface area contributed by atoms with E-state index in [-0.39, 0.29) is 0 Å². The molecule has 104 valence electrons. The summed E-state index contributed by atoms with van der Waals surface area (Å²) in [7, 11) is 0. The number of aromatic nitrogens is 1. The summed E-state index contributed by atoms with van der Waals surface area (Å²) in [6.07, 6.45) is 0. The number of anilines is 1. The van der Waals surface area contributed by atoms with E-state index in [0.29, 0.717) is 17.4 Å².